The van der Waals surface area contributed by atoms with Gasteiger partial charge in [-0.3, -0.25) is 0 Å². The number of anilines is 1. The van der Waals surface area contributed by atoms with Gasteiger partial charge in [-0.25, -0.2) is 0 Å². The van der Waals surface area contributed by atoms with Gasteiger partial charge in [0, 0.05) is 28.3 Å². The number of benzene rings is 1. The van der Waals surface area contributed by atoms with Crippen molar-refractivity contribution in [2.45, 2.75) is 0 Å². The molecule has 0 saturated carbocycles. The third-order valence-electron chi connectivity index (χ3n) is 1.35. The summed E-state index contributed by atoms with van der Waals surface area (Å²) in [7, 11) is 0. The normalized spacial score (nSPS) is 10.5. The third-order valence-corrected chi connectivity index (χ3v) is 3.02. The van der Waals surface area contributed by atoms with Gasteiger partial charge in [0.15, 0.2) is 0 Å². The highest BCUT2D eigenvalue weighted by Gasteiger charge is 1.98. The summed E-state index contributed by atoms with van der Waals surface area (Å²) in [4.78, 5) is 0. The molecule has 0 amide bonds. The fourth-order valence-corrected chi connectivity index (χ4v) is 2.40. The zero-order valence-electron chi connectivity index (χ0n) is 6.07. The van der Waals surface area contributed by atoms with Gasteiger partial charge in [0.05, 0.1) is 0 Å². The van der Waals surface area contributed by atoms with Crippen LogP contribution in [0.4, 0.5) is 5.69 Å². The van der Waals surface area contributed by atoms with Gasteiger partial charge in [0.2, 0.25) is 0 Å². The lowest BCUT2D eigenvalue weighted by Gasteiger charge is -2.05. The number of nitrogens with one attached hydrogen (secondary N) is 2. The van der Waals surface area contributed by atoms with Crippen molar-refractivity contribution in [3.05, 3.63) is 28.2 Å². The van der Waals surface area contributed by atoms with E-state index in [1.807, 2.05) is 18.2 Å². The van der Waals surface area contributed by atoms with Gasteiger partial charge in [-0.1, -0.05) is 15.9 Å². The Balaban J connectivity index is 3.02. The minimum atomic E-state index is 0.633. The second-order valence-electron chi connectivity index (χ2n) is 2.10. The van der Waals surface area contributed by atoms with Gasteiger partial charge in [-0.05, 0) is 40.2 Å². The lowest BCUT2D eigenvalue weighted by molar-refractivity contribution is 1.52. The van der Waals surface area contributed by atoms with Gasteiger partial charge in [0.25, 0.3) is 0 Å². The van der Waals surface area contributed by atoms with Gasteiger partial charge in [-0.2, -0.15) is 0 Å². The van der Waals surface area contributed by atoms with Crippen molar-refractivity contribution in [3.63, 3.8) is 0 Å². The standard InChI is InChI=1S/C7H7BrIN2P/c8-6-1-2-7(11-12-9)5(3-6)4-10/h1-4,10-12H. The highest BCUT2D eigenvalue weighted by Crippen LogP contribution is 2.27. The molecule has 5 heteroatoms. The minimum Gasteiger partial charge on any atom is -0.358 e. The molecule has 2 nitrogen and oxygen atoms in total. The predicted octanol–water partition coefficient (Wildman–Crippen LogP) is 3.80. The molecule has 0 fully saturated rings. The van der Waals surface area contributed by atoms with E-state index in [-0.39, 0.29) is 0 Å². The van der Waals surface area contributed by atoms with Crippen molar-refractivity contribution in [2.24, 2.45) is 0 Å². The van der Waals surface area contributed by atoms with E-state index in [2.05, 4.69) is 43.1 Å². The molecule has 0 aromatic heterocycles. The van der Waals surface area contributed by atoms with E-state index in [0.29, 0.717) is 6.37 Å². The van der Waals surface area contributed by atoms with Crippen molar-refractivity contribution in [2.75, 3.05) is 5.09 Å². The van der Waals surface area contributed by atoms with Crippen molar-refractivity contribution in [1.82, 2.24) is 0 Å². The smallest absolute Gasteiger partial charge is 0.0465 e. The molecule has 2 N–H and O–H groups in total. The second-order valence-corrected chi connectivity index (χ2v) is 5.07. The molecule has 64 valence electrons. The highest BCUT2D eigenvalue weighted by atomic mass is 127. The van der Waals surface area contributed by atoms with E-state index in [1.165, 1.54) is 6.21 Å². The van der Waals surface area contributed by atoms with Crippen LogP contribution in [0.3, 0.4) is 0 Å². The van der Waals surface area contributed by atoms with E-state index in [0.717, 1.165) is 15.7 Å². The van der Waals surface area contributed by atoms with Gasteiger partial charge >= 0.3 is 0 Å². The fourth-order valence-electron chi connectivity index (χ4n) is 0.818. The zero-order chi connectivity index (χ0) is 8.97. The van der Waals surface area contributed by atoms with Crippen LogP contribution in [0.15, 0.2) is 22.7 Å². The van der Waals surface area contributed by atoms with Crippen LogP contribution in [0.25, 0.3) is 0 Å². The Labute approximate surface area is 94.5 Å². The van der Waals surface area contributed by atoms with Crippen LogP contribution < -0.4 is 5.09 Å². The molecule has 1 aromatic rings. The van der Waals surface area contributed by atoms with E-state index >= 15 is 0 Å². The number of hydrogen-bond donors (Lipinski definition) is 2. The maximum absolute atomic E-state index is 7.17. The van der Waals surface area contributed by atoms with Crippen molar-refractivity contribution in [3.8, 4) is 0 Å². The molecule has 0 radical (unpaired) electrons. The topological polar surface area (TPSA) is 35.9 Å². The van der Waals surface area contributed by atoms with Crippen LogP contribution >= 0.6 is 44.3 Å². The Bertz CT molecular complexity index is 293. The third kappa shape index (κ3) is 2.68. The Morgan fingerprint density at radius 3 is 2.92 bits per heavy atom. The molecule has 0 saturated heterocycles. The summed E-state index contributed by atoms with van der Waals surface area (Å²) >= 11 is 5.62. The van der Waals surface area contributed by atoms with Crippen molar-refractivity contribution >= 4 is 56.2 Å². The highest BCUT2D eigenvalue weighted by molar-refractivity contribution is 14.2. The lowest BCUT2D eigenvalue weighted by atomic mass is 10.2. The van der Waals surface area contributed by atoms with Crippen LogP contribution in [-0.2, 0) is 0 Å². The maximum atomic E-state index is 7.17. The quantitative estimate of drug-likeness (QED) is 0.482. The van der Waals surface area contributed by atoms with Crippen LogP contribution in [0.2, 0.25) is 0 Å². The minimum absolute atomic E-state index is 0.633. The van der Waals surface area contributed by atoms with E-state index in [1.54, 1.807) is 0 Å². The van der Waals surface area contributed by atoms with Gasteiger partial charge in [0.1, 0.15) is 0 Å². The summed E-state index contributed by atoms with van der Waals surface area (Å²) in [5, 5.41) is 10.4. The lowest BCUT2D eigenvalue weighted by Crippen LogP contribution is -1.89. The first-order valence-electron chi connectivity index (χ1n) is 3.19. The molecular weight excluding hydrogens is 350 g/mol. The molecule has 12 heavy (non-hydrogen) atoms. The average Bonchev–Trinajstić information content (AvgIpc) is 2.08. The first-order chi connectivity index (χ1) is 5.77. The van der Waals surface area contributed by atoms with Crippen LogP contribution in [-0.4, -0.2) is 6.21 Å². The molecular formula is C7H7BrIN2P. The molecule has 0 spiro atoms. The van der Waals surface area contributed by atoms with Crippen molar-refractivity contribution < 1.29 is 0 Å². The summed E-state index contributed by atoms with van der Waals surface area (Å²) in [6, 6.07) is 5.86. The van der Waals surface area contributed by atoms with E-state index < -0.39 is 0 Å². The van der Waals surface area contributed by atoms with E-state index in [9.17, 15) is 0 Å². The molecule has 0 bridgehead atoms. The largest absolute Gasteiger partial charge is 0.358 e. The average molecular weight is 357 g/mol. The Hall–Kier alpha value is 0.330. The first kappa shape index (κ1) is 10.4. The first-order valence-corrected chi connectivity index (χ1v) is 8.10. The van der Waals surface area contributed by atoms with Crippen LogP contribution in [0, 0.1) is 5.41 Å². The molecule has 1 rings (SSSR count). The molecule has 0 heterocycles. The molecule has 1 aromatic carbocycles. The van der Waals surface area contributed by atoms with Gasteiger partial charge in [-0.15, -0.1) is 0 Å². The van der Waals surface area contributed by atoms with Crippen molar-refractivity contribution in [1.29, 1.82) is 5.41 Å². The molecule has 0 aliphatic heterocycles. The zero-order valence-corrected chi connectivity index (χ0v) is 10.8. The summed E-state index contributed by atoms with van der Waals surface area (Å²) < 4.78 is 1.00. The Morgan fingerprint density at radius 2 is 2.33 bits per heavy atom. The molecule has 1 atom stereocenters. The Morgan fingerprint density at radius 1 is 1.58 bits per heavy atom. The summed E-state index contributed by atoms with van der Waals surface area (Å²) in [5.41, 5.74) is 1.93. The monoisotopic (exact) mass is 356 g/mol. The number of hydrogen-bond acceptors (Lipinski definition) is 2. The summed E-state index contributed by atoms with van der Waals surface area (Å²) in [6.45, 7) is 0. The molecule has 0 aliphatic rings. The van der Waals surface area contributed by atoms with E-state index in [4.69, 9.17) is 5.41 Å². The molecule has 0 aliphatic carbocycles. The number of halogens is 2. The van der Waals surface area contributed by atoms with Crippen LogP contribution in [0.5, 0.6) is 0 Å². The predicted molar refractivity (Wildman–Crippen MR) is 68.0 cm³/mol. The van der Waals surface area contributed by atoms with Crippen LogP contribution in [0.1, 0.15) is 5.56 Å². The summed E-state index contributed by atoms with van der Waals surface area (Å²) in [5.74, 6) is 0. The maximum Gasteiger partial charge on any atom is 0.0465 e. The molecule has 1 unspecified atom stereocenters. The SMILES string of the molecule is N=Cc1cc(Br)ccc1NPI. The Kier molecular flexibility index (Phi) is 4.46. The second kappa shape index (κ2) is 5.14. The fraction of sp³-hybridized carbons (Fsp3) is 0. The van der Waals surface area contributed by atoms with Gasteiger partial charge < -0.3 is 10.5 Å². The number of rotatable bonds is 3. The summed E-state index contributed by atoms with van der Waals surface area (Å²) in [6.07, 6.45) is 1.98.